The largest absolute Gasteiger partial charge is 0.417 e. The highest BCUT2D eigenvalue weighted by atomic mass is 79.9. The molecule has 0 aliphatic carbocycles. The minimum absolute atomic E-state index is 0.00168. The maximum Gasteiger partial charge on any atom is 0.417 e. The Labute approximate surface area is 214 Å². The van der Waals surface area contributed by atoms with Crippen molar-refractivity contribution in [2.24, 2.45) is 10.5 Å². The van der Waals surface area contributed by atoms with Crippen molar-refractivity contribution in [3.8, 4) is 0 Å². The van der Waals surface area contributed by atoms with Crippen molar-refractivity contribution < 1.29 is 18.0 Å². The SMILES string of the molecule is CC1(Cc2ccccc2)CN(CC(=O)Nc2ccc(Br)cc2)N=C1c1ccc(C(F)(F)F)c(Cl)c1. The third-order valence-electron chi connectivity index (χ3n) is 5.78. The molecule has 3 aromatic rings. The molecule has 3 aromatic carbocycles. The van der Waals surface area contributed by atoms with E-state index in [0.717, 1.165) is 16.1 Å². The van der Waals surface area contributed by atoms with Crippen molar-refractivity contribution in [3.63, 3.8) is 0 Å². The lowest BCUT2D eigenvalue weighted by molar-refractivity contribution is -0.137. The van der Waals surface area contributed by atoms with Gasteiger partial charge in [0.25, 0.3) is 0 Å². The van der Waals surface area contributed by atoms with E-state index in [9.17, 15) is 18.0 Å². The van der Waals surface area contributed by atoms with Crippen LogP contribution < -0.4 is 5.32 Å². The van der Waals surface area contributed by atoms with Gasteiger partial charge in [-0.3, -0.25) is 9.80 Å². The standard InChI is InChI=1S/C26H22BrClF3N3O/c1-25(14-17-5-3-2-4-6-17)16-34(15-23(35)32-20-10-8-19(27)9-11-20)33-24(25)18-7-12-21(22(28)13-18)26(29,30)31/h2-13H,14-16H2,1H3,(H,32,35). The van der Waals surface area contributed by atoms with Crippen LogP contribution in [0.1, 0.15) is 23.6 Å². The molecule has 1 unspecified atom stereocenters. The molecule has 1 amide bonds. The number of rotatable bonds is 6. The first-order chi connectivity index (χ1) is 16.5. The molecule has 4 rings (SSSR count). The number of halogens is 5. The van der Waals surface area contributed by atoms with Gasteiger partial charge in [-0.05, 0) is 53.9 Å². The summed E-state index contributed by atoms with van der Waals surface area (Å²) in [5.74, 6) is -0.246. The van der Waals surface area contributed by atoms with Crippen molar-refractivity contribution in [1.82, 2.24) is 5.01 Å². The first kappa shape index (κ1) is 25.3. The van der Waals surface area contributed by atoms with E-state index in [4.69, 9.17) is 11.6 Å². The maximum absolute atomic E-state index is 13.2. The van der Waals surface area contributed by atoms with Gasteiger partial charge in [0.05, 0.1) is 16.3 Å². The number of benzene rings is 3. The maximum atomic E-state index is 13.2. The summed E-state index contributed by atoms with van der Waals surface area (Å²) in [6.07, 6.45) is -3.95. The van der Waals surface area contributed by atoms with E-state index in [0.29, 0.717) is 29.9 Å². The third-order valence-corrected chi connectivity index (χ3v) is 6.63. The molecule has 1 aliphatic rings. The van der Waals surface area contributed by atoms with Gasteiger partial charge in [-0.2, -0.15) is 18.3 Å². The number of nitrogens with zero attached hydrogens (tertiary/aromatic N) is 2. The zero-order chi connectivity index (χ0) is 25.2. The molecule has 0 spiro atoms. The number of amides is 1. The van der Waals surface area contributed by atoms with E-state index in [2.05, 4.69) is 26.3 Å². The Morgan fingerprint density at radius 3 is 2.43 bits per heavy atom. The first-order valence-electron chi connectivity index (χ1n) is 10.8. The number of hydrogen-bond donors (Lipinski definition) is 1. The molecule has 182 valence electrons. The molecule has 4 nitrogen and oxygen atoms in total. The summed E-state index contributed by atoms with van der Waals surface area (Å²) in [4.78, 5) is 12.7. The van der Waals surface area contributed by atoms with Gasteiger partial charge in [0.1, 0.15) is 6.54 Å². The summed E-state index contributed by atoms with van der Waals surface area (Å²) in [7, 11) is 0. The van der Waals surface area contributed by atoms with Crippen LogP contribution in [0.3, 0.4) is 0 Å². The molecule has 0 saturated carbocycles. The van der Waals surface area contributed by atoms with Gasteiger partial charge in [0.15, 0.2) is 0 Å². The van der Waals surface area contributed by atoms with Crippen LogP contribution in [0.4, 0.5) is 18.9 Å². The number of carbonyl (C=O) groups is 1. The minimum Gasteiger partial charge on any atom is -0.324 e. The topological polar surface area (TPSA) is 44.7 Å². The second-order valence-electron chi connectivity index (χ2n) is 8.74. The highest BCUT2D eigenvalue weighted by Crippen LogP contribution is 2.39. The average Bonchev–Trinajstić information content (AvgIpc) is 3.10. The highest BCUT2D eigenvalue weighted by molar-refractivity contribution is 9.10. The average molecular weight is 565 g/mol. The van der Waals surface area contributed by atoms with E-state index in [-0.39, 0.29) is 17.5 Å². The molecule has 0 aromatic heterocycles. The van der Waals surface area contributed by atoms with Crippen LogP contribution in [0, 0.1) is 5.41 Å². The third kappa shape index (κ3) is 6.05. The Morgan fingerprint density at radius 2 is 1.80 bits per heavy atom. The van der Waals surface area contributed by atoms with Gasteiger partial charge in [-0.25, -0.2) is 0 Å². The Bertz CT molecular complexity index is 1250. The second-order valence-corrected chi connectivity index (χ2v) is 10.1. The van der Waals surface area contributed by atoms with Crippen LogP contribution in [-0.2, 0) is 17.4 Å². The zero-order valence-electron chi connectivity index (χ0n) is 18.7. The minimum atomic E-state index is -4.54. The monoisotopic (exact) mass is 563 g/mol. The van der Waals surface area contributed by atoms with Crippen LogP contribution in [0.15, 0.2) is 82.4 Å². The number of carbonyl (C=O) groups excluding carboxylic acids is 1. The molecular formula is C26H22BrClF3N3O. The van der Waals surface area contributed by atoms with E-state index in [1.165, 1.54) is 12.1 Å². The van der Waals surface area contributed by atoms with E-state index >= 15 is 0 Å². The van der Waals surface area contributed by atoms with Gasteiger partial charge >= 0.3 is 6.18 Å². The van der Waals surface area contributed by atoms with Gasteiger partial charge < -0.3 is 5.32 Å². The lowest BCUT2D eigenvalue weighted by atomic mass is 9.77. The van der Waals surface area contributed by atoms with Crippen molar-refractivity contribution in [2.45, 2.75) is 19.5 Å². The van der Waals surface area contributed by atoms with Crippen LogP contribution in [0.2, 0.25) is 5.02 Å². The van der Waals surface area contributed by atoms with Gasteiger partial charge in [0, 0.05) is 22.1 Å². The normalized spacial score (nSPS) is 17.9. The molecule has 0 fully saturated rings. The van der Waals surface area contributed by atoms with Crippen LogP contribution >= 0.6 is 27.5 Å². The summed E-state index contributed by atoms with van der Waals surface area (Å²) >= 11 is 9.37. The number of anilines is 1. The van der Waals surface area contributed by atoms with Gasteiger partial charge in [0.2, 0.25) is 5.91 Å². The Balaban J connectivity index is 1.61. The lowest BCUT2D eigenvalue weighted by Crippen LogP contribution is -2.36. The smallest absolute Gasteiger partial charge is 0.324 e. The van der Waals surface area contributed by atoms with Crippen LogP contribution in [-0.4, -0.2) is 29.7 Å². The summed E-state index contributed by atoms with van der Waals surface area (Å²) in [5, 5.41) is 8.79. The number of alkyl halides is 3. The summed E-state index contributed by atoms with van der Waals surface area (Å²) in [6.45, 7) is 2.42. The summed E-state index contributed by atoms with van der Waals surface area (Å²) < 4.78 is 40.6. The number of hydrazone groups is 1. The first-order valence-corrected chi connectivity index (χ1v) is 12.0. The molecule has 0 radical (unpaired) electrons. The fraction of sp³-hybridized carbons (Fsp3) is 0.231. The zero-order valence-corrected chi connectivity index (χ0v) is 21.1. The van der Waals surface area contributed by atoms with E-state index < -0.39 is 17.2 Å². The molecule has 0 saturated heterocycles. The Morgan fingerprint density at radius 1 is 1.11 bits per heavy atom. The molecule has 1 aliphatic heterocycles. The number of hydrogen-bond acceptors (Lipinski definition) is 3. The molecule has 9 heteroatoms. The van der Waals surface area contributed by atoms with Crippen molar-refractivity contribution >= 4 is 44.8 Å². The fourth-order valence-corrected chi connectivity index (χ4v) is 4.80. The number of nitrogens with one attached hydrogen (secondary N) is 1. The van der Waals surface area contributed by atoms with Crippen LogP contribution in [0.25, 0.3) is 0 Å². The van der Waals surface area contributed by atoms with E-state index in [1.807, 2.05) is 49.4 Å². The Hall–Kier alpha value is -2.84. The summed E-state index contributed by atoms with van der Waals surface area (Å²) in [5.41, 5.74) is 1.36. The molecule has 1 heterocycles. The fourth-order valence-electron chi connectivity index (χ4n) is 4.25. The predicted molar refractivity (Wildman–Crippen MR) is 136 cm³/mol. The molecule has 0 bridgehead atoms. The Kier molecular flexibility index (Phi) is 7.24. The van der Waals surface area contributed by atoms with Crippen LogP contribution in [0.5, 0.6) is 0 Å². The van der Waals surface area contributed by atoms with Crippen molar-refractivity contribution in [3.05, 3.63) is 99.0 Å². The van der Waals surface area contributed by atoms with Gasteiger partial charge in [-0.15, -0.1) is 0 Å². The highest BCUT2D eigenvalue weighted by Gasteiger charge is 2.41. The summed E-state index contributed by atoms with van der Waals surface area (Å²) in [6, 6.07) is 20.7. The van der Waals surface area contributed by atoms with Crippen molar-refractivity contribution in [2.75, 3.05) is 18.4 Å². The quantitative estimate of drug-likeness (QED) is 0.349. The van der Waals surface area contributed by atoms with Crippen molar-refractivity contribution in [1.29, 1.82) is 0 Å². The molecule has 35 heavy (non-hydrogen) atoms. The van der Waals surface area contributed by atoms with E-state index in [1.54, 1.807) is 17.1 Å². The lowest BCUT2D eigenvalue weighted by Gasteiger charge is -2.27. The molecule has 1 N–H and O–H groups in total. The molecular weight excluding hydrogens is 543 g/mol. The predicted octanol–water partition coefficient (Wildman–Crippen LogP) is 7.03. The van der Waals surface area contributed by atoms with Gasteiger partial charge in [-0.1, -0.05) is 70.9 Å². The second kappa shape index (κ2) is 10.0. The molecule has 1 atom stereocenters.